The molecule has 0 bridgehead atoms. The van der Waals surface area contributed by atoms with Crippen LogP contribution in [0.25, 0.3) is 0 Å². The number of hydrogen-bond acceptors (Lipinski definition) is 4. The number of hydrogen-bond donors (Lipinski definition) is 2. The number of nitrogens with one attached hydrogen (secondary N) is 1. The minimum atomic E-state index is -0.296. The number of carbonyl (C=O) groups is 1. The normalized spacial score (nSPS) is 11.3. The van der Waals surface area contributed by atoms with Gasteiger partial charge in [0.1, 0.15) is 11.5 Å². The van der Waals surface area contributed by atoms with Gasteiger partial charge in [0.05, 0.1) is 13.3 Å². The molecule has 1 amide bonds. The summed E-state index contributed by atoms with van der Waals surface area (Å²) in [5.74, 6) is 1.12. The molecule has 0 aliphatic rings. The van der Waals surface area contributed by atoms with Gasteiger partial charge in [-0.2, -0.15) is 5.10 Å². The standard InChI is InChI=1S/C21H26N2O3/c1-13(2)18-10-15(11-19(14(3)4)20(18)24)12-22-23-21(25)16-6-8-17(26-5)9-7-16/h6-14,24H,1-5H3,(H,23,25)/b22-12-. The molecule has 0 radical (unpaired) electrons. The third kappa shape index (κ3) is 4.63. The van der Waals surface area contributed by atoms with Crippen LogP contribution in [0.3, 0.4) is 0 Å². The Morgan fingerprint density at radius 1 is 1.08 bits per heavy atom. The summed E-state index contributed by atoms with van der Waals surface area (Å²) in [4.78, 5) is 12.1. The first kappa shape index (κ1) is 19.5. The van der Waals surface area contributed by atoms with Crippen LogP contribution < -0.4 is 10.2 Å². The van der Waals surface area contributed by atoms with E-state index in [1.807, 2.05) is 39.8 Å². The summed E-state index contributed by atoms with van der Waals surface area (Å²) < 4.78 is 5.08. The van der Waals surface area contributed by atoms with Gasteiger partial charge in [-0.3, -0.25) is 4.79 Å². The van der Waals surface area contributed by atoms with Crippen molar-refractivity contribution in [2.24, 2.45) is 5.10 Å². The van der Waals surface area contributed by atoms with E-state index in [0.717, 1.165) is 16.7 Å². The van der Waals surface area contributed by atoms with Crippen LogP contribution in [-0.2, 0) is 0 Å². The molecule has 0 saturated carbocycles. The number of hydrazone groups is 1. The van der Waals surface area contributed by atoms with Gasteiger partial charge in [0.2, 0.25) is 0 Å². The average Bonchev–Trinajstić information content (AvgIpc) is 2.62. The predicted molar refractivity (Wildman–Crippen MR) is 104 cm³/mol. The first-order valence-electron chi connectivity index (χ1n) is 8.67. The molecule has 0 aliphatic carbocycles. The van der Waals surface area contributed by atoms with E-state index in [0.29, 0.717) is 17.1 Å². The number of phenols is 1. The van der Waals surface area contributed by atoms with Crippen molar-refractivity contribution in [1.82, 2.24) is 5.43 Å². The Morgan fingerprint density at radius 2 is 1.62 bits per heavy atom. The summed E-state index contributed by atoms with van der Waals surface area (Å²) in [6.07, 6.45) is 1.60. The summed E-state index contributed by atoms with van der Waals surface area (Å²) in [5.41, 5.74) is 5.61. The maximum Gasteiger partial charge on any atom is 0.271 e. The second kappa shape index (κ2) is 8.52. The fourth-order valence-corrected chi connectivity index (χ4v) is 2.63. The van der Waals surface area contributed by atoms with Crippen molar-refractivity contribution in [2.75, 3.05) is 7.11 Å². The lowest BCUT2D eigenvalue weighted by Crippen LogP contribution is -2.17. The predicted octanol–water partition coefficient (Wildman–Crippen LogP) is 4.41. The van der Waals surface area contributed by atoms with Gasteiger partial charge in [0.25, 0.3) is 5.91 Å². The molecule has 0 atom stereocenters. The zero-order valence-corrected chi connectivity index (χ0v) is 15.9. The molecule has 2 N–H and O–H groups in total. The minimum Gasteiger partial charge on any atom is -0.507 e. The number of amides is 1. The number of carbonyl (C=O) groups excluding carboxylic acids is 1. The Balaban J connectivity index is 2.17. The van der Waals surface area contributed by atoms with Crippen molar-refractivity contribution >= 4 is 12.1 Å². The summed E-state index contributed by atoms with van der Waals surface area (Å²) in [6.45, 7) is 8.13. The second-order valence-corrected chi connectivity index (χ2v) is 6.78. The van der Waals surface area contributed by atoms with Crippen LogP contribution in [-0.4, -0.2) is 24.3 Å². The van der Waals surface area contributed by atoms with E-state index < -0.39 is 0 Å². The molecule has 5 nitrogen and oxygen atoms in total. The van der Waals surface area contributed by atoms with Gasteiger partial charge in [0.15, 0.2) is 0 Å². The number of phenolic OH excluding ortho intramolecular Hbond substituents is 1. The fourth-order valence-electron chi connectivity index (χ4n) is 2.63. The van der Waals surface area contributed by atoms with Gasteiger partial charge in [-0.25, -0.2) is 5.43 Å². The van der Waals surface area contributed by atoms with E-state index in [-0.39, 0.29) is 17.7 Å². The van der Waals surface area contributed by atoms with E-state index in [1.54, 1.807) is 37.6 Å². The lowest BCUT2D eigenvalue weighted by Gasteiger charge is -2.16. The van der Waals surface area contributed by atoms with Gasteiger partial charge in [0, 0.05) is 5.56 Å². The van der Waals surface area contributed by atoms with Crippen molar-refractivity contribution in [2.45, 2.75) is 39.5 Å². The van der Waals surface area contributed by atoms with E-state index >= 15 is 0 Å². The van der Waals surface area contributed by atoms with Crippen molar-refractivity contribution in [1.29, 1.82) is 0 Å². The van der Waals surface area contributed by atoms with Crippen LogP contribution in [0.2, 0.25) is 0 Å². The highest BCUT2D eigenvalue weighted by Gasteiger charge is 2.14. The molecule has 0 saturated heterocycles. The minimum absolute atomic E-state index is 0.190. The number of aromatic hydroxyl groups is 1. The van der Waals surface area contributed by atoms with Crippen molar-refractivity contribution in [3.05, 3.63) is 58.7 Å². The molecular formula is C21H26N2O3. The third-order valence-corrected chi connectivity index (χ3v) is 4.17. The Kier molecular flexibility index (Phi) is 6.39. The molecule has 5 heteroatoms. The Hall–Kier alpha value is -2.82. The monoisotopic (exact) mass is 354 g/mol. The fraction of sp³-hybridized carbons (Fsp3) is 0.333. The zero-order chi connectivity index (χ0) is 19.3. The largest absolute Gasteiger partial charge is 0.507 e. The van der Waals surface area contributed by atoms with E-state index in [9.17, 15) is 9.90 Å². The van der Waals surface area contributed by atoms with Crippen LogP contribution in [0.15, 0.2) is 41.5 Å². The third-order valence-electron chi connectivity index (χ3n) is 4.17. The molecule has 26 heavy (non-hydrogen) atoms. The smallest absolute Gasteiger partial charge is 0.271 e. The number of rotatable bonds is 6. The highest BCUT2D eigenvalue weighted by molar-refractivity contribution is 5.95. The van der Waals surface area contributed by atoms with Crippen LogP contribution in [0.4, 0.5) is 0 Å². The highest BCUT2D eigenvalue weighted by Crippen LogP contribution is 2.34. The van der Waals surface area contributed by atoms with Crippen LogP contribution in [0, 0.1) is 0 Å². The van der Waals surface area contributed by atoms with Crippen LogP contribution in [0.1, 0.15) is 66.6 Å². The highest BCUT2D eigenvalue weighted by atomic mass is 16.5. The lowest BCUT2D eigenvalue weighted by molar-refractivity contribution is 0.0955. The molecule has 2 aromatic carbocycles. The topological polar surface area (TPSA) is 70.9 Å². The average molecular weight is 354 g/mol. The van der Waals surface area contributed by atoms with Gasteiger partial charge in [-0.15, -0.1) is 0 Å². The summed E-state index contributed by atoms with van der Waals surface area (Å²) >= 11 is 0. The number of benzene rings is 2. The van der Waals surface area contributed by atoms with E-state index in [2.05, 4.69) is 10.5 Å². The Labute approximate surface area is 154 Å². The SMILES string of the molecule is COc1ccc(C(=O)N/N=C\c2cc(C(C)C)c(O)c(C(C)C)c2)cc1. The first-order chi connectivity index (χ1) is 12.3. The Morgan fingerprint density at radius 3 is 2.08 bits per heavy atom. The quantitative estimate of drug-likeness (QED) is 0.596. The summed E-state index contributed by atoms with van der Waals surface area (Å²) in [7, 11) is 1.58. The molecule has 2 rings (SSSR count). The van der Waals surface area contributed by atoms with Crippen LogP contribution >= 0.6 is 0 Å². The molecular weight excluding hydrogens is 328 g/mol. The molecule has 138 valence electrons. The second-order valence-electron chi connectivity index (χ2n) is 6.78. The van der Waals surface area contributed by atoms with Gasteiger partial charge in [-0.1, -0.05) is 27.7 Å². The molecule has 0 spiro atoms. The number of methoxy groups -OCH3 is 1. The van der Waals surface area contributed by atoms with Crippen molar-refractivity contribution in [3.8, 4) is 11.5 Å². The summed E-state index contributed by atoms with van der Waals surface area (Å²) in [6, 6.07) is 10.6. The maximum absolute atomic E-state index is 12.1. The van der Waals surface area contributed by atoms with E-state index in [4.69, 9.17) is 4.74 Å². The molecule has 2 aromatic rings. The lowest BCUT2D eigenvalue weighted by atomic mass is 9.92. The van der Waals surface area contributed by atoms with Gasteiger partial charge >= 0.3 is 0 Å². The molecule has 0 unspecified atom stereocenters. The van der Waals surface area contributed by atoms with Crippen LogP contribution in [0.5, 0.6) is 11.5 Å². The summed E-state index contributed by atoms with van der Waals surface area (Å²) in [5, 5.41) is 14.5. The zero-order valence-electron chi connectivity index (χ0n) is 15.9. The van der Waals surface area contributed by atoms with Gasteiger partial charge in [-0.05, 0) is 64.9 Å². The van der Waals surface area contributed by atoms with E-state index in [1.165, 1.54) is 0 Å². The maximum atomic E-state index is 12.1. The van der Waals surface area contributed by atoms with Gasteiger partial charge < -0.3 is 9.84 Å². The first-order valence-corrected chi connectivity index (χ1v) is 8.67. The molecule has 0 heterocycles. The molecule has 0 fully saturated rings. The Bertz CT molecular complexity index is 764. The molecule has 0 aliphatic heterocycles. The van der Waals surface area contributed by atoms with Crippen molar-refractivity contribution < 1.29 is 14.6 Å². The number of ether oxygens (including phenoxy) is 1. The number of nitrogens with zero attached hydrogens (tertiary/aromatic N) is 1. The van der Waals surface area contributed by atoms with Crippen molar-refractivity contribution in [3.63, 3.8) is 0 Å². The molecule has 0 aromatic heterocycles.